The molecule has 0 aliphatic carbocycles. The molecule has 0 aromatic heterocycles. The fourth-order valence-corrected chi connectivity index (χ4v) is 10.8. The van der Waals surface area contributed by atoms with Gasteiger partial charge >= 0.3 is 0 Å². The lowest BCUT2D eigenvalue weighted by atomic mass is 10.2. The Morgan fingerprint density at radius 1 is 0.618 bits per heavy atom. The molecule has 0 saturated heterocycles. The number of allylic oxidation sites excluding steroid dienone is 1. The average Bonchev–Trinajstić information content (AvgIpc) is 2.89. The van der Waals surface area contributed by atoms with E-state index in [0.29, 0.717) is 10.5 Å². The maximum Gasteiger partial charge on any atom is 0.203 e. The van der Waals surface area contributed by atoms with Crippen LogP contribution in [0.15, 0.2) is 129 Å². The smallest absolute Gasteiger partial charge is 0.203 e. The quantitative estimate of drug-likeness (QED) is 0.212. The summed E-state index contributed by atoms with van der Waals surface area (Å²) in [5.41, 5.74) is 0. The van der Waals surface area contributed by atoms with Crippen molar-refractivity contribution in [1.29, 1.82) is 0 Å². The van der Waals surface area contributed by atoms with Crippen LogP contribution < -0.4 is 9.47 Å². The van der Waals surface area contributed by atoms with Crippen molar-refractivity contribution in [1.82, 2.24) is 0 Å². The lowest BCUT2D eigenvalue weighted by Gasteiger charge is -2.29. The minimum atomic E-state index is -0.148. The van der Waals surface area contributed by atoms with E-state index >= 15 is 0 Å². The highest BCUT2D eigenvalue weighted by atomic mass is 32.2. The molecule has 2 aliphatic heterocycles. The first-order chi connectivity index (χ1) is 16.8. The van der Waals surface area contributed by atoms with Crippen LogP contribution in [-0.2, 0) is 21.8 Å². The second-order valence-electron chi connectivity index (χ2n) is 8.43. The van der Waals surface area contributed by atoms with Crippen LogP contribution in [-0.4, -0.2) is 10.5 Å². The van der Waals surface area contributed by atoms with Gasteiger partial charge in [0.15, 0.2) is 33.5 Å². The molecule has 0 radical (unpaired) electrons. The zero-order chi connectivity index (χ0) is 23.1. The summed E-state index contributed by atoms with van der Waals surface area (Å²) in [5.74, 6) is 3.90. The second-order valence-corrected chi connectivity index (χ2v) is 12.9. The molecule has 0 spiro atoms. The van der Waals surface area contributed by atoms with Crippen molar-refractivity contribution in [3.8, 4) is 23.0 Å². The predicted octanol–water partition coefficient (Wildman–Crippen LogP) is 8.00. The summed E-state index contributed by atoms with van der Waals surface area (Å²) < 4.78 is 12.7. The summed E-state index contributed by atoms with van der Waals surface area (Å²) in [5, 5.41) is 0.734. The molecule has 2 heterocycles. The molecule has 2 aliphatic rings. The van der Waals surface area contributed by atoms with Gasteiger partial charge in [0.1, 0.15) is 0 Å². The van der Waals surface area contributed by atoms with Gasteiger partial charge in [0.05, 0.1) is 21.8 Å². The molecule has 0 fully saturated rings. The zero-order valence-electron chi connectivity index (χ0n) is 19.0. The number of benzene rings is 4. The molecule has 4 aromatic carbocycles. The minimum absolute atomic E-state index is 0.133. The predicted molar refractivity (Wildman–Crippen MR) is 142 cm³/mol. The third-order valence-electron chi connectivity index (χ3n) is 6.38. The van der Waals surface area contributed by atoms with Crippen LogP contribution in [0, 0.1) is 0 Å². The summed E-state index contributed by atoms with van der Waals surface area (Å²) in [6, 6.07) is 34.1. The Kier molecular flexibility index (Phi) is 5.64. The van der Waals surface area contributed by atoms with Gasteiger partial charge in [-0.2, -0.15) is 0 Å². The van der Waals surface area contributed by atoms with E-state index in [-0.39, 0.29) is 21.8 Å². The lowest BCUT2D eigenvalue weighted by Crippen LogP contribution is -2.39. The number of hydrogen-bond donors (Lipinski definition) is 0. The Hall–Kier alpha value is -3.08. The van der Waals surface area contributed by atoms with Gasteiger partial charge in [-0.25, -0.2) is 0 Å². The third kappa shape index (κ3) is 3.53. The minimum Gasteiger partial charge on any atom is -0.447 e. The second kappa shape index (κ2) is 8.94. The van der Waals surface area contributed by atoms with E-state index in [0.717, 1.165) is 29.4 Å². The molecule has 0 N–H and O–H groups in total. The number of ether oxygens (including phenoxy) is 2. The van der Waals surface area contributed by atoms with Crippen LogP contribution in [0.1, 0.15) is 13.3 Å². The molecule has 4 aromatic rings. The van der Waals surface area contributed by atoms with Crippen LogP contribution in [0.5, 0.6) is 23.0 Å². The van der Waals surface area contributed by atoms with Crippen LogP contribution >= 0.6 is 0 Å². The van der Waals surface area contributed by atoms with E-state index in [9.17, 15) is 0 Å². The highest BCUT2D eigenvalue weighted by Crippen LogP contribution is 2.51. The van der Waals surface area contributed by atoms with Gasteiger partial charge in [-0.3, -0.25) is 0 Å². The first-order valence-corrected chi connectivity index (χ1v) is 14.1. The molecule has 0 saturated carbocycles. The molecule has 0 bridgehead atoms. The van der Waals surface area contributed by atoms with E-state index in [1.165, 1.54) is 19.6 Å². The van der Waals surface area contributed by atoms with E-state index in [1.807, 2.05) is 0 Å². The van der Waals surface area contributed by atoms with Crippen molar-refractivity contribution in [2.45, 2.75) is 43.4 Å². The van der Waals surface area contributed by atoms with Crippen molar-refractivity contribution in [3.05, 3.63) is 110 Å². The van der Waals surface area contributed by atoms with E-state index in [4.69, 9.17) is 9.47 Å². The summed E-state index contributed by atoms with van der Waals surface area (Å²) in [6.07, 6.45) is 3.03. The molecule has 168 valence electrons. The van der Waals surface area contributed by atoms with Crippen molar-refractivity contribution < 1.29 is 9.47 Å². The number of para-hydroxylation sites is 4. The normalized spacial score (nSPS) is 16.0. The zero-order valence-corrected chi connectivity index (χ0v) is 20.6. The molecule has 2 atom stereocenters. The fraction of sp³-hybridized carbons (Fsp3) is 0.133. The Bertz CT molecular complexity index is 1270. The molecule has 4 heteroatoms. The van der Waals surface area contributed by atoms with Gasteiger partial charge in [0.2, 0.25) is 19.6 Å². The monoisotopic (exact) mass is 482 g/mol. The highest BCUT2D eigenvalue weighted by Gasteiger charge is 2.53. The molecular formula is C30H26O2S2+2. The third-order valence-corrected chi connectivity index (χ3v) is 12.1. The van der Waals surface area contributed by atoms with Crippen LogP contribution in [0.25, 0.3) is 0 Å². The first-order valence-electron chi connectivity index (χ1n) is 11.5. The summed E-state index contributed by atoms with van der Waals surface area (Å²) in [4.78, 5) is 5.17. The molecule has 0 amide bonds. The van der Waals surface area contributed by atoms with Gasteiger partial charge in [-0.1, -0.05) is 54.6 Å². The van der Waals surface area contributed by atoms with Crippen molar-refractivity contribution in [2.24, 2.45) is 0 Å². The van der Waals surface area contributed by atoms with Gasteiger partial charge < -0.3 is 9.47 Å². The average molecular weight is 483 g/mol. The van der Waals surface area contributed by atoms with E-state index < -0.39 is 0 Å². The van der Waals surface area contributed by atoms with Crippen LogP contribution in [0.3, 0.4) is 0 Å². The number of rotatable bonds is 5. The van der Waals surface area contributed by atoms with Crippen molar-refractivity contribution in [2.75, 3.05) is 0 Å². The van der Waals surface area contributed by atoms with Crippen LogP contribution in [0.4, 0.5) is 0 Å². The largest absolute Gasteiger partial charge is 0.447 e. The van der Waals surface area contributed by atoms with Crippen LogP contribution in [0.2, 0.25) is 0 Å². The summed E-state index contributed by atoms with van der Waals surface area (Å²) in [6.45, 7) is 6.60. The Morgan fingerprint density at radius 3 is 1.35 bits per heavy atom. The summed E-state index contributed by atoms with van der Waals surface area (Å²) in [7, 11) is -0.280. The van der Waals surface area contributed by atoms with E-state index in [2.05, 4.69) is 117 Å². The standard InChI is InChI=1S/C30H26O2S2/c1-3-12-26(34-29-19-10-6-15-24(29)32-25-16-7-11-20-30(25)34)21(2)33-27-17-8-4-13-22(27)31-23-14-5-9-18-28(23)33/h3-11,13-21,26H,1,12H2,2H3/q+2/t21-,26-/m0/s1. The Balaban J connectivity index is 1.52. The van der Waals surface area contributed by atoms with Gasteiger partial charge in [-0.05, 0) is 55.5 Å². The molecule has 2 nitrogen and oxygen atoms in total. The molecule has 0 unspecified atom stereocenters. The van der Waals surface area contributed by atoms with Gasteiger partial charge in [-0.15, -0.1) is 6.58 Å². The summed E-state index contributed by atoms with van der Waals surface area (Å²) >= 11 is 0. The molecular weight excluding hydrogens is 456 g/mol. The van der Waals surface area contributed by atoms with Gasteiger partial charge in [0.25, 0.3) is 0 Å². The maximum atomic E-state index is 6.34. The van der Waals surface area contributed by atoms with Crippen molar-refractivity contribution >= 4 is 21.8 Å². The molecule has 34 heavy (non-hydrogen) atoms. The lowest BCUT2D eigenvalue weighted by molar-refractivity contribution is 0.450. The maximum absolute atomic E-state index is 6.34. The molecule has 6 rings (SSSR count). The SMILES string of the molecule is C=CC[C@@H]([C@H](C)[S+]1c2ccccc2Oc2ccccc21)[S+]1c2ccccc2Oc2ccccc21. The Labute approximate surface area is 207 Å². The first kappa shape index (κ1) is 21.5. The van der Waals surface area contributed by atoms with Gasteiger partial charge in [0, 0.05) is 6.42 Å². The Morgan fingerprint density at radius 2 is 0.971 bits per heavy atom. The van der Waals surface area contributed by atoms with E-state index in [1.54, 1.807) is 0 Å². The number of fused-ring (bicyclic) bond motifs is 4. The highest BCUT2D eigenvalue weighted by molar-refractivity contribution is 8.01. The van der Waals surface area contributed by atoms with Crippen molar-refractivity contribution in [3.63, 3.8) is 0 Å². The number of hydrogen-bond acceptors (Lipinski definition) is 2. The topological polar surface area (TPSA) is 18.5 Å². The fourth-order valence-electron chi connectivity index (χ4n) is 4.86.